The molecule has 1 heterocycles. The molecule has 3 rings (SSSR count). The van der Waals surface area contributed by atoms with Crippen LogP contribution in [0.25, 0.3) is 0 Å². The number of rotatable bonds is 2. The van der Waals surface area contributed by atoms with Crippen molar-refractivity contribution in [2.24, 2.45) is 0 Å². The minimum absolute atomic E-state index is 0.328. The molecule has 1 aliphatic rings. The minimum Gasteiger partial charge on any atom is -0.434 e. The number of halogens is 1. The van der Waals surface area contributed by atoms with E-state index >= 15 is 0 Å². The molecule has 2 aromatic carbocycles. The normalized spacial score (nSPS) is 16.9. The van der Waals surface area contributed by atoms with Gasteiger partial charge in [0, 0.05) is 11.3 Å². The van der Waals surface area contributed by atoms with Crippen molar-refractivity contribution in [2.75, 3.05) is 5.32 Å². The molecule has 1 atom stereocenters. The zero-order chi connectivity index (χ0) is 13.4. The maximum Gasteiger partial charge on any atom is 0.340 e. The van der Waals surface area contributed by atoms with Gasteiger partial charge in [-0.2, -0.15) is 0 Å². The van der Waals surface area contributed by atoms with Crippen LogP contribution in [0.1, 0.15) is 27.7 Å². The lowest BCUT2D eigenvalue weighted by molar-refractivity contribution is 0.0437. The summed E-state index contributed by atoms with van der Waals surface area (Å²) in [6.07, 6.45) is -0.566. The van der Waals surface area contributed by atoms with Gasteiger partial charge < -0.3 is 10.1 Å². The van der Waals surface area contributed by atoms with E-state index in [1.807, 2.05) is 19.1 Å². The summed E-state index contributed by atoms with van der Waals surface area (Å²) in [5.74, 6) is -0.687. The standard InChI is InChI=1S/C15H12FNO2/c1-9-6-7-10(16)8-13(9)17-14-11-4-2-3-5-12(11)15(18)19-14/h2-8,14,17H,1H3/t14-/m0/s1. The fraction of sp³-hybridized carbons (Fsp3) is 0.133. The van der Waals surface area contributed by atoms with Gasteiger partial charge in [0.05, 0.1) is 5.56 Å². The van der Waals surface area contributed by atoms with Gasteiger partial charge >= 0.3 is 5.97 Å². The molecule has 96 valence electrons. The van der Waals surface area contributed by atoms with Crippen LogP contribution in [0.4, 0.5) is 10.1 Å². The Morgan fingerprint density at radius 1 is 1.21 bits per heavy atom. The van der Waals surface area contributed by atoms with E-state index in [2.05, 4.69) is 5.32 Å². The Morgan fingerprint density at radius 3 is 2.84 bits per heavy atom. The summed E-state index contributed by atoms with van der Waals surface area (Å²) >= 11 is 0. The van der Waals surface area contributed by atoms with Crippen LogP contribution in [0, 0.1) is 12.7 Å². The van der Waals surface area contributed by atoms with Crippen molar-refractivity contribution in [1.29, 1.82) is 0 Å². The first-order valence-corrected chi connectivity index (χ1v) is 5.98. The topological polar surface area (TPSA) is 38.3 Å². The third-order valence-corrected chi connectivity index (χ3v) is 3.17. The lowest BCUT2D eigenvalue weighted by Crippen LogP contribution is -2.11. The summed E-state index contributed by atoms with van der Waals surface area (Å²) in [5, 5.41) is 3.05. The second-order valence-electron chi connectivity index (χ2n) is 4.48. The molecule has 0 spiro atoms. The van der Waals surface area contributed by atoms with Crippen molar-refractivity contribution < 1.29 is 13.9 Å². The van der Waals surface area contributed by atoms with Crippen molar-refractivity contribution in [3.8, 4) is 0 Å². The largest absolute Gasteiger partial charge is 0.434 e. The summed E-state index contributed by atoms with van der Waals surface area (Å²) in [4.78, 5) is 11.7. The van der Waals surface area contributed by atoms with Gasteiger partial charge in [0.2, 0.25) is 6.23 Å². The van der Waals surface area contributed by atoms with E-state index in [0.717, 1.165) is 11.1 Å². The van der Waals surface area contributed by atoms with Crippen molar-refractivity contribution in [1.82, 2.24) is 0 Å². The molecule has 0 bridgehead atoms. The van der Waals surface area contributed by atoms with Gasteiger partial charge in [0.1, 0.15) is 5.82 Å². The maximum absolute atomic E-state index is 13.2. The highest BCUT2D eigenvalue weighted by Crippen LogP contribution is 2.32. The molecule has 4 heteroatoms. The molecule has 0 saturated carbocycles. The summed E-state index contributed by atoms with van der Waals surface area (Å²) in [6.45, 7) is 1.87. The van der Waals surface area contributed by atoms with E-state index in [4.69, 9.17) is 4.74 Å². The number of aryl methyl sites for hydroxylation is 1. The van der Waals surface area contributed by atoms with Gasteiger partial charge in [-0.15, -0.1) is 0 Å². The summed E-state index contributed by atoms with van der Waals surface area (Å²) < 4.78 is 18.5. The van der Waals surface area contributed by atoms with E-state index in [-0.39, 0.29) is 11.8 Å². The van der Waals surface area contributed by atoms with E-state index in [0.29, 0.717) is 11.3 Å². The molecule has 0 saturated heterocycles. The fourth-order valence-electron chi connectivity index (χ4n) is 2.14. The van der Waals surface area contributed by atoms with E-state index in [9.17, 15) is 9.18 Å². The van der Waals surface area contributed by atoms with Crippen molar-refractivity contribution in [3.05, 3.63) is 65.0 Å². The van der Waals surface area contributed by atoms with Gasteiger partial charge in [-0.3, -0.25) is 0 Å². The summed E-state index contributed by atoms with van der Waals surface area (Å²) in [7, 11) is 0. The van der Waals surface area contributed by atoms with E-state index in [1.165, 1.54) is 12.1 Å². The number of nitrogens with one attached hydrogen (secondary N) is 1. The fourth-order valence-corrected chi connectivity index (χ4v) is 2.14. The van der Waals surface area contributed by atoms with Crippen molar-refractivity contribution >= 4 is 11.7 Å². The van der Waals surface area contributed by atoms with Crippen molar-refractivity contribution in [2.45, 2.75) is 13.2 Å². The highest BCUT2D eigenvalue weighted by Gasteiger charge is 2.30. The SMILES string of the molecule is Cc1ccc(F)cc1N[C@H]1OC(=O)c2ccccc21. The lowest BCUT2D eigenvalue weighted by atomic mass is 10.1. The molecular formula is C15H12FNO2. The smallest absolute Gasteiger partial charge is 0.340 e. The van der Waals surface area contributed by atoms with E-state index in [1.54, 1.807) is 18.2 Å². The molecule has 1 N–H and O–H groups in total. The van der Waals surface area contributed by atoms with Crippen LogP contribution in [-0.4, -0.2) is 5.97 Å². The third kappa shape index (κ3) is 2.05. The number of carbonyl (C=O) groups is 1. The Labute approximate surface area is 110 Å². The number of cyclic esters (lactones) is 1. The summed E-state index contributed by atoms with van der Waals surface area (Å²) in [5.41, 5.74) is 2.83. The molecule has 0 fully saturated rings. The van der Waals surface area contributed by atoms with Gasteiger partial charge in [-0.05, 0) is 30.7 Å². The molecular weight excluding hydrogens is 245 g/mol. The quantitative estimate of drug-likeness (QED) is 0.838. The number of esters is 1. The predicted octanol–water partition coefficient (Wildman–Crippen LogP) is 3.42. The molecule has 1 aliphatic heterocycles. The molecule has 0 amide bonds. The molecule has 0 aromatic heterocycles. The highest BCUT2D eigenvalue weighted by atomic mass is 19.1. The lowest BCUT2D eigenvalue weighted by Gasteiger charge is -2.16. The number of carbonyl (C=O) groups excluding carboxylic acids is 1. The second-order valence-corrected chi connectivity index (χ2v) is 4.48. The van der Waals surface area contributed by atoms with Crippen LogP contribution in [0.2, 0.25) is 0 Å². The zero-order valence-corrected chi connectivity index (χ0v) is 10.3. The number of hydrogen-bond donors (Lipinski definition) is 1. The Kier molecular flexibility index (Phi) is 2.71. The van der Waals surface area contributed by atoms with Gasteiger partial charge in [0.25, 0.3) is 0 Å². The van der Waals surface area contributed by atoms with E-state index < -0.39 is 6.23 Å². The minimum atomic E-state index is -0.566. The number of anilines is 1. The predicted molar refractivity (Wildman–Crippen MR) is 69.4 cm³/mol. The van der Waals surface area contributed by atoms with Gasteiger partial charge in [-0.25, -0.2) is 9.18 Å². The van der Waals surface area contributed by atoms with Crippen molar-refractivity contribution in [3.63, 3.8) is 0 Å². The van der Waals surface area contributed by atoms with Crippen LogP contribution in [0.5, 0.6) is 0 Å². The first-order chi connectivity index (χ1) is 9.15. The van der Waals surface area contributed by atoms with Gasteiger partial charge in [-0.1, -0.05) is 24.3 Å². The Morgan fingerprint density at radius 2 is 2.00 bits per heavy atom. The monoisotopic (exact) mass is 257 g/mol. The zero-order valence-electron chi connectivity index (χ0n) is 10.3. The van der Waals surface area contributed by atoms with Crippen LogP contribution < -0.4 is 5.32 Å². The van der Waals surface area contributed by atoms with Gasteiger partial charge in [0.15, 0.2) is 0 Å². The first kappa shape index (κ1) is 11.7. The Hall–Kier alpha value is -2.36. The average Bonchev–Trinajstić information content (AvgIpc) is 2.72. The van der Waals surface area contributed by atoms with Crippen LogP contribution in [0.15, 0.2) is 42.5 Å². The van der Waals surface area contributed by atoms with Crippen LogP contribution in [0.3, 0.4) is 0 Å². The Bertz CT molecular complexity index is 654. The number of fused-ring (bicyclic) bond motifs is 1. The average molecular weight is 257 g/mol. The molecule has 0 radical (unpaired) electrons. The molecule has 3 nitrogen and oxygen atoms in total. The maximum atomic E-state index is 13.2. The molecule has 0 aliphatic carbocycles. The third-order valence-electron chi connectivity index (χ3n) is 3.17. The number of ether oxygens (including phenoxy) is 1. The molecule has 2 aromatic rings. The summed E-state index contributed by atoms with van der Waals surface area (Å²) in [6, 6.07) is 11.6. The van der Waals surface area contributed by atoms with Crippen LogP contribution >= 0.6 is 0 Å². The Balaban J connectivity index is 1.93. The first-order valence-electron chi connectivity index (χ1n) is 5.98. The van der Waals surface area contributed by atoms with Crippen LogP contribution in [-0.2, 0) is 4.74 Å². The number of hydrogen-bond acceptors (Lipinski definition) is 3. The molecule has 0 unspecified atom stereocenters. The number of benzene rings is 2. The molecule has 19 heavy (non-hydrogen) atoms. The highest BCUT2D eigenvalue weighted by molar-refractivity contribution is 5.94. The second kappa shape index (κ2) is 4.39.